The van der Waals surface area contributed by atoms with Crippen molar-refractivity contribution in [1.82, 2.24) is 19.6 Å². The summed E-state index contributed by atoms with van der Waals surface area (Å²) in [6, 6.07) is 8.56. The third kappa shape index (κ3) is 3.74. The zero-order valence-electron chi connectivity index (χ0n) is 13.5. The minimum Gasteiger partial charge on any atom is -0.335 e. The predicted octanol–water partition coefficient (Wildman–Crippen LogP) is 2.34. The molecule has 1 aromatic carbocycles. The van der Waals surface area contributed by atoms with E-state index in [1.807, 2.05) is 4.90 Å². The number of carbonyl (C=O) groups excluding carboxylic acids is 1. The first-order valence-electron chi connectivity index (χ1n) is 7.79. The molecule has 5 nitrogen and oxygen atoms in total. The first-order valence-corrected chi connectivity index (χ1v) is 8.17. The van der Waals surface area contributed by atoms with E-state index in [4.69, 9.17) is 11.6 Å². The van der Waals surface area contributed by atoms with Crippen LogP contribution in [-0.4, -0.2) is 51.7 Å². The number of piperazine rings is 1. The zero-order chi connectivity index (χ0) is 16.4. The first-order chi connectivity index (χ1) is 11.0. The van der Waals surface area contributed by atoms with Gasteiger partial charge in [-0.1, -0.05) is 41.4 Å². The highest BCUT2D eigenvalue weighted by Gasteiger charge is 2.25. The molecule has 1 aromatic heterocycles. The second-order valence-corrected chi connectivity index (χ2v) is 6.46. The quantitative estimate of drug-likeness (QED) is 0.866. The number of rotatable bonds is 3. The first kappa shape index (κ1) is 16.0. The number of halogens is 1. The summed E-state index contributed by atoms with van der Waals surface area (Å²) < 4.78 is 1.57. The van der Waals surface area contributed by atoms with E-state index in [0.717, 1.165) is 19.6 Å². The van der Waals surface area contributed by atoms with Gasteiger partial charge in [-0.2, -0.15) is 5.10 Å². The van der Waals surface area contributed by atoms with Crippen molar-refractivity contribution in [2.24, 2.45) is 7.05 Å². The van der Waals surface area contributed by atoms with Crippen LogP contribution in [-0.2, 0) is 13.6 Å². The smallest absolute Gasteiger partial charge is 0.276 e. The molecule has 6 heteroatoms. The molecule has 0 spiro atoms. The Morgan fingerprint density at radius 3 is 2.61 bits per heavy atom. The molecular weight excluding hydrogens is 312 g/mol. The monoisotopic (exact) mass is 332 g/mol. The Kier molecular flexibility index (Phi) is 4.68. The van der Waals surface area contributed by atoms with Crippen LogP contribution in [0.15, 0.2) is 30.5 Å². The molecule has 2 heterocycles. The van der Waals surface area contributed by atoms with Gasteiger partial charge >= 0.3 is 0 Å². The summed E-state index contributed by atoms with van der Waals surface area (Å²) in [5.41, 5.74) is 2.94. The largest absolute Gasteiger partial charge is 0.335 e. The zero-order valence-corrected chi connectivity index (χ0v) is 14.3. The minimum absolute atomic E-state index is 0.0780. The Bertz CT molecular complexity index is 704. The lowest BCUT2D eigenvalue weighted by atomic mass is 10.1. The van der Waals surface area contributed by atoms with E-state index in [0.29, 0.717) is 23.8 Å². The summed E-state index contributed by atoms with van der Waals surface area (Å²) in [5, 5.41) is 4.58. The number of nitrogens with zero attached hydrogens (tertiary/aromatic N) is 4. The maximum atomic E-state index is 12.5. The number of aryl methyl sites for hydroxylation is 2. The Balaban J connectivity index is 1.58. The van der Waals surface area contributed by atoms with E-state index < -0.39 is 0 Å². The molecule has 0 saturated carbocycles. The molecule has 1 saturated heterocycles. The summed E-state index contributed by atoms with van der Waals surface area (Å²) in [7, 11) is 1.77. The molecule has 0 atom stereocenters. The number of amides is 1. The van der Waals surface area contributed by atoms with Gasteiger partial charge in [-0.25, -0.2) is 0 Å². The fraction of sp³-hybridized carbons (Fsp3) is 0.412. The minimum atomic E-state index is -0.0780. The number of hydrogen-bond acceptors (Lipinski definition) is 3. The van der Waals surface area contributed by atoms with E-state index in [-0.39, 0.29) is 5.91 Å². The Morgan fingerprint density at radius 1 is 1.26 bits per heavy atom. The highest BCUT2D eigenvalue weighted by atomic mass is 35.5. The second-order valence-electron chi connectivity index (χ2n) is 6.06. The lowest BCUT2D eigenvalue weighted by molar-refractivity contribution is 0.0622. The van der Waals surface area contributed by atoms with E-state index >= 15 is 0 Å². The Morgan fingerprint density at radius 2 is 2.00 bits per heavy atom. The SMILES string of the molecule is Cc1cccc(CN2CCN(C(=O)c3nn(C)cc3Cl)CC2)c1. The topological polar surface area (TPSA) is 41.4 Å². The lowest BCUT2D eigenvalue weighted by Crippen LogP contribution is -2.48. The molecule has 0 bridgehead atoms. The molecule has 1 aliphatic rings. The average molecular weight is 333 g/mol. The average Bonchev–Trinajstić information content (AvgIpc) is 2.86. The van der Waals surface area contributed by atoms with Gasteiger partial charge in [-0.15, -0.1) is 0 Å². The fourth-order valence-corrected chi connectivity index (χ4v) is 3.19. The van der Waals surface area contributed by atoms with Crippen molar-refractivity contribution in [2.75, 3.05) is 26.2 Å². The summed E-state index contributed by atoms with van der Waals surface area (Å²) >= 11 is 6.07. The van der Waals surface area contributed by atoms with Crippen LogP contribution in [0.4, 0.5) is 0 Å². The highest BCUT2D eigenvalue weighted by molar-refractivity contribution is 6.33. The molecule has 0 N–H and O–H groups in total. The van der Waals surface area contributed by atoms with Crippen LogP contribution >= 0.6 is 11.6 Å². The molecule has 1 amide bonds. The van der Waals surface area contributed by atoms with Crippen LogP contribution in [0.1, 0.15) is 21.6 Å². The summed E-state index contributed by atoms with van der Waals surface area (Å²) in [6.07, 6.45) is 1.66. The van der Waals surface area contributed by atoms with E-state index in [1.54, 1.807) is 17.9 Å². The van der Waals surface area contributed by atoms with Crippen molar-refractivity contribution in [3.05, 3.63) is 52.3 Å². The lowest BCUT2D eigenvalue weighted by Gasteiger charge is -2.34. The van der Waals surface area contributed by atoms with Gasteiger partial charge in [0.1, 0.15) is 0 Å². The third-order valence-corrected chi connectivity index (χ3v) is 4.41. The molecule has 1 fully saturated rings. The summed E-state index contributed by atoms with van der Waals surface area (Å²) in [4.78, 5) is 16.7. The molecule has 122 valence electrons. The molecular formula is C17H21ClN4O. The van der Waals surface area contributed by atoms with Gasteiger partial charge in [0.15, 0.2) is 5.69 Å². The maximum Gasteiger partial charge on any atom is 0.276 e. The molecule has 0 aliphatic carbocycles. The van der Waals surface area contributed by atoms with Crippen molar-refractivity contribution in [3.63, 3.8) is 0 Å². The van der Waals surface area contributed by atoms with Gasteiger partial charge in [0.25, 0.3) is 5.91 Å². The van der Waals surface area contributed by atoms with Crippen molar-refractivity contribution < 1.29 is 4.79 Å². The van der Waals surface area contributed by atoms with Crippen LogP contribution in [0, 0.1) is 6.92 Å². The molecule has 23 heavy (non-hydrogen) atoms. The van der Waals surface area contributed by atoms with Crippen molar-refractivity contribution in [3.8, 4) is 0 Å². The van der Waals surface area contributed by atoms with Gasteiger partial charge in [0.05, 0.1) is 5.02 Å². The van der Waals surface area contributed by atoms with Crippen molar-refractivity contribution in [1.29, 1.82) is 0 Å². The number of aromatic nitrogens is 2. The molecule has 2 aromatic rings. The van der Waals surface area contributed by atoms with Crippen LogP contribution < -0.4 is 0 Å². The molecule has 0 radical (unpaired) electrons. The number of carbonyl (C=O) groups is 1. The maximum absolute atomic E-state index is 12.5. The van der Waals surface area contributed by atoms with Gasteiger partial charge in [0.2, 0.25) is 0 Å². The van der Waals surface area contributed by atoms with Crippen LogP contribution in [0.5, 0.6) is 0 Å². The normalized spacial score (nSPS) is 15.9. The Labute approximate surface area is 141 Å². The van der Waals surface area contributed by atoms with Crippen LogP contribution in [0.25, 0.3) is 0 Å². The van der Waals surface area contributed by atoms with Crippen LogP contribution in [0.2, 0.25) is 5.02 Å². The fourth-order valence-electron chi connectivity index (χ4n) is 2.93. The van der Waals surface area contributed by atoms with Crippen LogP contribution in [0.3, 0.4) is 0 Å². The van der Waals surface area contributed by atoms with Gasteiger partial charge < -0.3 is 4.90 Å². The highest BCUT2D eigenvalue weighted by Crippen LogP contribution is 2.17. The molecule has 1 aliphatic heterocycles. The number of benzene rings is 1. The van der Waals surface area contributed by atoms with E-state index in [1.165, 1.54) is 11.1 Å². The Hall–Kier alpha value is -1.85. The van der Waals surface area contributed by atoms with E-state index in [2.05, 4.69) is 41.2 Å². The standard InChI is InChI=1S/C17H21ClN4O/c1-13-4-3-5-14(10-13)11-21-6-8-22(9-7-21)17(23)16-15(18)12-20(2)19-16/h3-5,10,12H,6-9,11H2,1-2H3. The summed E-state index contributed by atoms with van der Waals surface area (Å²) in [5.74, 6) is -0.0780. The summed E-state index contributed by atoms with van der Waals surface area (Å²) in [6.45, 7) is 6.17. The number of hydrogen-bond donors (Lipinski definition) is 0. The predicted molar refractivity (Wildman–Crippen MR) is 90.6 cm³/mol. The van der Waals surface area contributed by atoms with E-state index in [9.17, 15) is 4.79 Å². The van der Waals surface area contributed by atoms with Crippen molar-refractivity contribution >= 4 is 17.5 Å². The van der Waals surface area contributed by atoms with Gasteiger partial charge in [-0.3, -0.25) is 14.4 Å². The molecule has 0 unspecified atom stereocenters. The molecule has 3 rings (SSSR count). The van der Waals surface area contributed by atoms with Gasteiger partial charge in [0, 0.05) is 46.0 Å². The second kappa shape index (κ2) is 6.72. The van der Waals surface area contributed by atoms with Gasteiger partial charge in [-0.05, 0) is 12.5 Å². The third-order valence-electron chi connectivity index (χ3n) is 4.13. The van der Waals surface area contributed by atoms with Crippen molar-refractivity contribution in [2.45, 2.75) is 13.5 Å².